The largest absolute Gasteiger partial charge is 0.385 e. The van der Waals surface area contributed by atoms with E-state index in [9.17, 15) is 9.90 Å². The monoisotopic (exact) mass is 465 g/mol. The van der Waals surface area contributed by atoms with Gasteiger partial charge in [0, 0.05) is 23.1 Å². The summed E-state index contributed by atoms with van der Waals surface area (Å²) in [5, 5.41) is 12.7. The summed E-state index contributed by atoms with van der Waals surface area (Å²) >= 11 is 11.9. The summed E-state index contributed by atoms with van der Waals surface area (Å²) in [5.74, 6) is -0.607. The number of aliphatic hydroxyl groups is 1. The Balaban J connectivity index is 0.00000320. The zero-order valence-electron chi connectivity index (χ0n) is 16.8. The van der Waals surface area contributed by atoms with Gasteiger partial charge in [-0.3, -0.25) is 4.79 Å². The first kappa shape index (κ1) is 24.6. The SMILES string of the molecule is CCN1CCC(O)(/C=C/c2ccc(Cl)cc2)C(C(=O)/C=C/c2ccc(Cl)cc2)C1.Cl. The van der Waals surface area contributed by atoms with Crippen molar-refractivity contribution in [3.05, 3.63) is 81.9 Å². The first-order chi connectivity index (χ1) is 13.9. The number of hydrogen-bond acceptors (Lipinski definition) is 3. The molecular formula is C24H26Cl3NO2. The van der Waals surface area contributed by atoms with Gasteiger partial charge in [-0.05, 0) is 54.4 Å². The van der Waals surface area contributed by atoms with Crippen LogP contribution >= 0.6 is 35.6 Å². The molecule has 0 aliphatic carbocycles. The highest BCUT2D eigenvalue weighted by Gasteiger charge is 2.42. The molecule has 1 saturated heterocycles. The van der Waals surface area contributed by atoms with E-state index in [1.54, 1.807) is 30.4 Å². The predicted molar refractivity (Wildman–Crippen MR) is 128 cm³/mol. The maximum atomic E-state index is 13.0. The molecule has 2 aromatic carbocycles. The van der Waals surface area contributed by atoms with Crippen LogP contribution in [-0.4, -0.2) is 41.0 Å². The minimum atomic E-state index is -1.19. The van der Waals surface area contributed by atoms with Crippen molar-refractivity contribution in [3.8, 4) is 0 Å². The molecule has 160 valence electrons. The van der Waals surface area contributed by atoms with Crippen molar-refractivity contribution in [2.75, 3.05) is 19.6 Å². The lowest BCUT2D eigenvalue weighted by atomic mass is 9.77. The van der Waals surface area contributed by atoms with Gasteiger partial charge in [-0.25, -0.2) is 0 Å². The second-order valence-corrected chi connectivity index (χ2v) is 8.23. The molecule has 0 amide bonds. The fraction of sp³-hybridized carbons (Fsp3) is 0.292. The second-order valence-electron chi connectivity index (χ2n) is 7.36. The molecular weight excluding hydrogens is 441 g/mol. The van der Waals surface area contributed by atoms with Crippen LogP contribution in [0.15, 0.2) is 60.7 Å². The highest BCUT2D eigenvalue weighted by atomic mass is 35.5. The van der Waals surface area contributed by atoms with E-state index in [2.05, 4.69) is 11.8 Å². The highest BCUT2D eigenvalue weighted by Crippen LogP contribution is 2.31. The minimum absolute atomic E-state index is 0. The molecule has 2 unspecified atom stereocenters. The lowest BCUT2D eigenvalue weighted by Gasteiger charge is -2.41. The zero-order chi connectivity index (χ0) is 20.9. The van der Waals surface area contributed by atoms with Crippen molar-refractivity contribution < 1.29 is 9.90 Å². The Labute approximate surface area is 194 Å². The van der Waals surface area contributed by atoms with Gasteiger partial charge in [0.25, 0.3) is 0 Å². The summed E-state index contributed by atoms with van der Waals surface area (Å²) in [7, 11) is 0. The Morgan fingerprint density at radius 3 is 2.13 bits per heavy atom. The number of rotatable bonds is 6. The van der Waals surface area contributed by atoms with Gasteiger partial charge < -0.3 is 10.0 Å². The van der Waals surface area contributed by atoms with E-state index >= 15 is 0 Å². The molecule has 0 saturated carbocycles. The summed E-state index contributed by atoms with van der Waals surface area (Å²) < 4.78 is 0. The third kappa shape index (κ3) is 6.44. The van der Waals surface area contributed by atoms with Gasteiger partial charge in [-0.2, -0.15) is 0 Å². The number of halogens is 3. The van der Waals surface area contributed by atoms with Crippen molar-refractivity contribution in [1.29, 1.82) is 0 Å². The smallest absolute Gasteiger partial charge is 0.163 e. The van der Waals surface area contributed by atoms with Gasteiger partial charge in [0.2, 0.25) is 0 Å². The summed E-state index contributed by atoms with van der Waals surface area (Å²) in [6.07, 6.45) is 7.47. The van der Waals surface area contributed by atoms with Gasteiger partial charge in [0.15, 0.2) is 5.78 Å². The molecule has 2 atom stereocenters. The quantitative estimate of drug-likeness (QED) is 0.548. The van der Waals surface area contributed by atoms with E-state index in [1.807, 2.05) is 42.5 Å². The molecule has 1 N–H and O–H groups in total. The lowest BCUT2D eigenvalue weighted by molar-refractivity contribution is -0.129. The molecule has 0 radical (unpaired) electrons. The van der Waals surface area contributed by atoms with Crippen molar-refractivity contribution in [1.82, 2.24) is 4.90 Å². The number of ketones is 1. The van der Waals surface area contributed by atoms with E-state index in [4.69, 9.17) is 23.2 Å². The maximum Gasteiger partial charge on any atom is 0.163 e. The van der Waals surface area contributed by atoms with E-state index in [0.717, 1.165) is 24.2 Å². The number of carbonyl (C=O) groups excluding carboxylic acids is 1. The summed E-state index contributed by atoms with van der Waals surface area (Å²) in [5.41, 5.74) is 0.641. The fourth-order valence-corrected chi connectivity index (χ4v) is 3.78. The van der Waals surface area contributed by atoms with Crippen LogP contribution in [0.2, 0.25) is 10.0 Å². The molecule has 1 aliphatic rings. The minimum Gasteiger partial charge on any atom is -0.385 e. The van der Waals surface area contributed by atoms with Crippen LogP contribution in [0.25, 0.3) is 12.2 Å². The van der Waals surface area contributed by atoms with Crippen LogP contribution < -0.4 is 0 Å². The van der Waals surface area contributed by atoms with E-state index in [-0.39, 0.29) is 18.2 Å². The number of piperidine rings is 1. The van der Waals surface area contributed by atoms with Crippen LogP contribution in [0.5, 0.6) is 0 Å². The van der Waals surface area contributed by atoms with E-state index in [1.165, 1.54) is 0 Å². The lowest BCUT2D eigenvalue weighted by Crippen LogP contribution is -2.53. The van der Waals surface area contributed by atoms with Crippen LogP contribution in [0.4, 0.5) is 0 Å². The molecule has 3 nitrogen and oxygen atoms in total. The molecule has 30 heavy (non-hydrogen) atoms. The summed E-state index contributed by atoms with van der Waals surface area (Å²) in [6, 6.07) is 14.7. The molecule has 3 rings (SSSR count). The van der Waals surface area contributed by atoms with Crippen molar-refractivity contribution >= 4 is 53.5 Å². The van der Waals surface area contributed by atoms with Crippen LogP contribution in [0, 0.1) is 5.92 Å². The van der Waals surface area contributed by atoms with Gasteiger partial charge in [-0.1, -0.05) is 72.6 Å². The number of nitrogens with zero attached hydrogens (tertiary/aromatic N) is 1. The highest BCUT2D eigenvalue weighted by molar-refractivity contribution is 6.30. The third-order valence-corrected chi connectivity index (χ3v) is 5.91. The van der Waals surface area contributed by atoms with Gasteiger partial charge in [0.1, 0.15) is 0 Å². The average Bonchev–Trinajstić information content (AvgIpc) is 2.73. The van der Waals surface area contributed by atoms with Crippen molar-refractivity contribution in [3.63, 3.8) is 0 Å². The van der Waals surface area contributed by atoms with E-state index in [0.29, 0.717) is 23.0 Å². The Kier molecular flexibility index (Phi) is 9.14. The molecule has 6 heteroatoms. The molecule has 0 aromatic heterocycles. The maximum absolute atomic E-state index is 13.0. The summed E-state index contributed by atoms with van der Waals surface area (Å²) in [4.78, 5) is 15.2. The van der Waals surface area contributed by atoms with Crippen molar-refractivity contribution in [2.45, 2.75) is 18.9 Å². The van der Waals surface area contributed by atoms with Crippen LogP contribution in [0.3, 0.4) is 0 Å². The Morgan fingerprint density at radius 2 is 1.60 bits per heavy atom. The zero-order valence-corrected chi connectivity index (χ0v) is 19.1. The molecule has 1 heterocycles. The van der Waals surface area contributed by atoms with Gasteiger partial charge in [0.05, 0.1) is 11.5 Å². The average molecular weight is 467 g/mol. The molecule has 0 spiro atoms. The molecule has 2 aromatic rings. The van der Waals surface area contributed by atoms with Gasteiger partial charge >= 0.3 is 0 Å². The topological polar surface area (TPSA) is 40.5 Å². The normalized spacial score (nSPS) is 22.3. The second kappa shape index (κ2) is 11.1. The first-order valence-corrected chi connectivity index (χ1v) is 10.5. The Morgan fingerprint density at radius 1 is 1.07 bits per heavy atom. The first-order valence-electron chi connectivity index (χ1n) is 9.76. The number of likely N-dealkylation sites (tertiary alicyclic amines) is 1. The predicted octanol–water partition coefficient (Wildman–Crippen LogP) is 5.78. The van der Waals surface area contributed by atoms with E-state index < -0.39 is 11.5 Å². The molecule has 1 fully saturated rings. The van der Waals surface area contributed by atoms with Gasteiger partial charge in [-0.15, -0.1) is 12.4 Å². The summed E-state index contributed by atoms with van der Waals surface area (Å²) in [6.45, 7) is 4.20. The Hall–Kier alpha value is -1.62. The Bertz CT molecular complexity index is 894. The number of hydrogen-bond donors (Lipinski definition) is 1. The standard InChI is InChI=1S/C24H25Cl2NO2.ClH/c1-2-27-16-15-24(29,14-13-19-5-10-21(26)11-6-19)22(17-27)23(28)12-7-18-3-8-20(25)9-4-18;/h3-14,22,29H,2,15-17H2,1H3;1H/b12-7+,14-13+;. The van der Waals surface area contributed by atoms with Crippen LogP contribution in [0.1, 0.15) is 24.5 Å². The molecule has 0 bridgehead atoms. The van der Waals surface area contributed by atoms with Crippen LogP contribution in [-0.2, 0) is 4.79 Å². The number of allylic oxidation sites excluding steroid dienone is 1. The third-order valence-electron chi connectivity index (χ3n) is 5.41. The van der Waals surface area contributed by atoms with Crippen molar-refractivity contribution in [2.24, 2.45) is 5.92 Å². The molecule has 1 aliphatic heterocycles. The fourth-order valence-electron chi connectivity index (χ4n) is 3.52. The number of carbonyl (C=O) groups is 1. The number of benzene rings is 2.